The van der Waals surface area contributed by atoms with Gasteiger partial charge in [0, 0.05) is 0 Å². The predicted octanol–water partition coefficient (Wildman–Crippen LogP) is 5.30. The fourth-order valence-corrected chi connectivity index (χ4v) is 4.67. The van der Waals surface area contributed by atoms with Crippen LogP contribution < -0.4 is 14.2 Å². The van der Waals surface area contributed by atoms with E-state index in [1.807, 2.05) is 30.3 Å². The highest BCUT2D eigenvalue weighted by Gasteiger charge is 2.35. The second-order valence-corrected chi connectivity index (χ2v) is 9.01. The van der Waals surface area contributed by atoms with Gasteiger partial charge >= 0.3 is 0 Å². The molecule has 0 atom stereocenters. The van der Waals surface area contributed by atoms with Gasteiger partial charge in [0.2, 0.25) is 5.17 Å². The number of methoxy groups -OCH3 is 1. The highest BCUT2D eigenvalue weighted by molar-refractivity contribution is 8.26. The Balaban J connectivity index is 1.43. The van der Waals surface area contributed by atoms with Gasteiger partial charge in [-0.2, -0.15) is 15.1 Å². The maximum absolute atomic E-state index is 12.6. The third-order valence-electron chi connectivity index (χ3n) is 5.39. The molecular formula is C27H28N4O4S. The summed E-state index contributed by atoms with van der Waals surface area (Å²) >= 11 is 1.34. The number of nitrogens with one attached hydrogen (secondary N) is 1. The van der Waals surface area contributed by atoms with Crippen LogP contribution in [-0.2, 0) is 11.2 Å². The first-order valence-electron chi connectivity index (χ1n) is 11.7. The van der Waals surface area contributed by atoms with Crippen molar-refractivity contribution in [3.05, 3.63) is 71.8 Å². The zero-order chi connectivity index (χ0) is 25.5. The van der Waals surface area contributed by atoms with E-state index >= 15 is 0 Å². The van der Waals surface area contributed by atoms with E-state index in [0.717, 1.165) is 35.6 Å². The number of ether oxygens (including phenoxy) is 3. The summed E-state index contributed by atoms with van der Waals surface area (Å²) in [6.45, 7) is 6.53. The Bertz CT molecular complexity index is 1270. The molecule has 0 unspecified atom stereocenters. The molecule has 0 aromatic heterocycles. The molecule has 0 saturated heterocycles. The Morgan fingerprint density at radius 3 is 2.64 bits per heavy atom. The molecule has 2 aliphatic heterocycles. The van der Waals surface area contributed by atoms with Gasteiger partial charge in [0.1, 0.15) is 24.0 Å². The summed E-state index contributed by atoms with van der Waals surface area (Å²) < 4.78 is 17.3. The minimum absolute atomic E-state index is 0.0109. The Morgan fingerprint density at radius 1 is 1.11 bits per heavy atom. The average molecular weight is 505 g/mol. The van der Waals surface area contributed by atoms with Crippen molar-refractivity contribution in [2.75, 3.05) is 20.3 Å². The molecule has 0 fully saturated rings. The molecular weight excluding hydrogens is 476 g/mol. The van der Waals surface area contributed by atoms with Crippen molar-refractivity contribution in [3.63, 3.8) is 0 Å². The molecule has 0 saturated carbocycles. The van der Waals surface area contributed by atoms with Crippen LogP contribution in [0.1, 0.15) is 30.9 Å². The monoisotopic (exact) mass is 504 g/mol. The van der Waals surface area contributed by atoms with Crippen LogP contribution in [0, 0.1) is 5.41 Å². The molecule has 1 amide bonds. The van der Waals surface area contributed by atoms with Gasteiger partial charge in [0.15, 0.2) is 17.3 Å². The lowest BCUT2D eigenvalue weighted by molar-refractivity contribution is -0.114. The molecule has 1 N–H and O–H groups in total. The fourth-order valence-electron chi connectivity index (χ4n) is 3.68. The van der Waals surface area contributed by atoms with Crippen LogP contribution in [0.4, 0.5) is 0 Å². The molecule has 2 aliphatic rings. The maximum Gasteiger partial charge on any atom is 0.283 e. The molecule has 186 valence electrons. The summed E-state index contributed by atoms with van der Waals surface area (Å²) in [5.74, 6) is 1.42. The highest BCUT2D eigenvalue weighted by atomic mass is 32.2. The average Bonchev–Trinajstić information content (AvgIpc) is 3.28. The van der Waals surface area contributed by atoms with E-state index in [1.165, 1.54) is 16.8 Å². The zero-order valence-corrected chi connectivity index (χ0v) is 21.1. The first kappa shape index (κ1) is 25.2. The Morgan fingerprint density at radius 2 is 1.89 bits per heavy atom. The minimum atomic E-state index is -0.458. The summed E-state index contributed by atoms with van der Waals surface area (Å²) in [6.07, 6.45) is 5.91. The zero-order valence-electron chi connectivity index (χ0n) is 20.3. The molecule has 2 heterocycles. The smallest absolute Gasteiger partial charge is 0.283 e. The lowest BCUT2D eigenvalue weighted by Gasteiger charge is -2.20. The quantitative estimate of drug-likeness (QED) is 0.253. The van der Waals surface area contributed by atoms with E-state index in [2.05, 4.69) is 23.6 Å². The van der Waals surface area contributed by atoms with Crippen molar-refractivity contribution in [2.24, 2.45) is 10.1 Å². The van der Waals surface area contributed by atoms with E-state index in [-0.39, 0.29) is 11.4 Å². The van der Waals surface area contributed by atoms with Gasteiger partial charge < -0.3 is 14.2 Å². The van der Waals surface area contributed by atoms with Gasteiger partial charge in [-0.15, -0.1) is 6.58 Å². The summed E-state index contributed by atoms with van der Waals surface area (Å²) in [7, 11) is 1.55. The largest absolute Gasteiger partial charge is 0.493 e. The number of hydrazone groups is 1. The van der Waals surface area contributed by atoms with E-state index in [9.17, 15) is 4.79 Å². The Labute approximate surface area is 214 Å². The van der Waals surface area contributed by atoms with Crippen molar-refractivity contribution in [2.45, 2.75) is 26.2 Å². The van der Waals surface area contributed by atoms with Gasteiger partial charge in [-0.25, -0.2) is 0 Å². The van der Waals surface area contributed by atoms with E-state index in [1.54, 1.807) is 31.4 Å². The summed E-state index contributed by atoms with van der Waals surface area (Å²) in [4.78, 5) is 16.8. The molecule has 2 aromatic rings. The number of hydrogen-bond acceptors (Lipinski definition) is 7. The van der Waals surface area contributed by atoms with Crippen LogP contribution in [0.2, 0.25) is 0 Å². The number of rotatable bonds is 11. The predicted molar refractivity (Wildman–Crippen MR) is 144 cm³/mol. The maximum atomic E-state index is 12.6. The fraction of sp³-hybridized carbons (Fsp3) is 0.259. The van der Waals surface area contributed by atoms with Gasteiger partial charge in [0.25, 0.3) is 5.91 Å². The van der Waals surface area contributed by atoms with Crippen LogP contribution in [-0.4, -0.2) is 47.3 Å². The molecule has 36 heavy (non-hydrogen) atoms. The SMILES string of the molecule is C=CCc1ccccc1OCCOc1ccc(C=C2C(=N)N3N=C(CCC)SC3=NC2=O)cc1OC. The number of amidine groups is 2. The number of hydrogen-bond donors (Lipinski definition) is 1. The number of para-hydroxylation sites is 1. The lowest BCUT2D eigenvalue weighted by atomic mass is 10.1. The number of benzene rings is 2. The number of carbonyl (C=O) groups is 1. The molecule has 9 heteroatoms. The number of amides is 1. The standard InChI is InChI=1S/C27H28N4O4S/c1-4-8-19-10-6-7-11-21(19)34-14-15-35-22-13-12-18(17-23(22)33-3)16-20-25(28)31-27(29-26(20)32)36-24(30-31)9-5-2/h4,6-7,10-13,16-17,28H,1,5,8-9,14-15H2,2-3H3. The Kier molecular flexibility index (Phi) is 8.22. The molecule has 0 spiro atoms. The first-order chi connectivity index (χ1) is 17.5. The third-order valence-corrected chi connectivity index (χ3v) is 6.36. The normalized spacial score (nSPS) is 15.9. The molecule has 2 aromatic carbocycles. The summed E-state index contributed by atoms with van der Waals surface area (Å²) in [6, 6.07) is 13.2. The molecule has 8 nitrogen and oxygen atoms in total. The lowest BCUT2D eigenvalue weighted by Crippen LogP contribution is -2.35. The van der Waals surface area contributed by atoms with E-state index in [0.29, 0.717) is 35.4 Å². The van der Waals surface area contributed by atoms with Crippen molar-refractivity contribution in [1.29, 1.82) is 5.41 Å². The van der Waals surface area contributed by atoms with Crippen LogP contribution in [0.3, 0.4) is 0 Å². The topological polar surface area (TPSA) is 96.6 Å². The number of carbonyl (C=O) groups excluding carboxylic acids is 1. The minimum Gasteiger partial charge on any atom is -0.493 e. The van der Waals surface area contributed by atoms with E-state index in [4.69, 9.17) is 19.6 Å². The van der Waals surface area contributed by atoms with Crippen molar-refractivity contribution in [1.82, 2.24) is 5.01 Å². The number of fused-ring (bicyclic) bond motifs is 1. The molecule has 0 bridgehead atoms. The van der Waals surface area contributed by atoms with Crippen LogP contribution >= 0.6 is 11.8 Å². The van der Waals surface area contributed by atoms with E-state index < -0.39 is 5.91 Å². The third kappa shape index (κ3) is 5.68. The number of allylic oxidation sites excluding steroid dienone is 1. The second-order valence-electron chi connectivity index (χ2n) is 7.97. The Hall–Kier alpha value is -3.85. The second kappa shape index (κ2) is 11.7. The summed E-state index contributed by atoms with van der Waals surface area (Å²) in [5, 5.41) is 15.6. The van der Waals surface area contributed by atoms with Crippen molar-refractivity contribution >= 4 is 39.8 Å². The van der Waals surface area contributed by atoms with Crippen molar-refractivity contribution in [3.8, 4) is 17.2 Å². The van der Waals surface area contributed by atoms with Gasteiger partial charge in [-0.05, 0) is 66.4 Å². The van der Waals surface area contributed by atoms with Gasteiger partial charge in [-0.3, -0.25) is 10.2 Å². The molecule has 4 rings (SSSR count). The number of aliphatic imine (C=N–C) groups is 1. The van der Waals surface area contributed by atoms with Gasteiger partial charge in [0.05, 0.1) is 12.7 Å². The van der Waals surface area contributed by atoms with Gasteiger partial charge in [-0.1, -0.05) is 37.3 Å². The summed E-state index contributed by atoms with van der Waals surface area (Å²) in [5.41, 5.74) is 1.93. The first-order valence-corrected chi connectivity index (χ1v) is 12.5. The number of thioether (sulfide) groups is 1. The van der Waals surface area contributed by atoms with Crippen molar-refractivity contribution < 1.29 is 19.0 Å². The molecule has 0 radical (unpaired) electrons. The highest BCUT2D eigenvalue weighted by Crippen LogP contribution is 2.32. The van der Waals surface area contributed by atoms with Crippen LogP contribution in [0.15, 0.2) is 70.8 Å². The molecule has 0 aliphatic carbocycles. The van der Waals surface area contributed by atoms with Crippen LogP contribution in [0.25, 0.3) is 6.08 Å². The van der Waals surface area contributed by atoms with Crippen LogP contribution in [0.5, 0.6) is 17.2 Å². The number of nitrogens with zero attached hydrogens (tertiary/aromatic N) is 3.